The normalized spacial score (nSPS) is 11.8. The number of rotatable bonds is 4. The molecule has 0 heterocycles. The Bertz CT molecular complexity index is 603. The van der Waals surface area contributed by atoms with Crippen molar-refractivity contribution < 1.29 is 17.7 Å². The first-order valence-electron chi connectivity index (χ1n) is 6.11. The fourth-order valence-corrected chi connectivity index (χ4v) is 1.76. The highest BCUT2D eigenvalue weighted by molar-refractivity contribution is 6.73. The molecular weight excluding hydrogens is 264 g/mol. The molecule has 0 bridgehead atoms. The molecule has 5 heteroatoms. The van der Waals surface area contributed by atoms with Crippen LogP contribution in [0.3, 0.4) is 0 Å². The van der Waals surface area contributed by atoms with Gasteiger partial charge < -0.3 is 17.7 Å². The van der Waals surface area contributed by atoms with E-state index in [4.69, 9.17) is 4.74 Å². The quantitative estimate of drug-likeness (QED) is 0.608. The molecule has 2 aromatic carbocycles. The second kappa shape index (κ2) is 5.86. The molecule has 1 nitrogen and oxygen atoms in total. The van der Waals surface area contributed by atoms with Crippen LogP contribution in [0.2, 0.25) is 0 Å². The van der Waals surface area contributed by atoms with Gasteiger partial charge in [0.2, 0.25) is 0 Å². The maximum Gasteiger partial charge on any atom is 0.509 e. The lowest BCUT2D eigenvalue weighted by molar-refractivity contribution is 0.414. The number of halogens is 3. The molecule has 0 unspecified atom stereocenters. The van der Waals surface area contributed by atoms with E-state index in [0.717, 1.165) is 29.0 Å². The number of ether oxygens (including phenoxy) is 1. The molecular formula is C15H13BF3O-. The molecule has 0 saturated heterocycles. The maximum absolute atomic E-state index is 12.5. The van der Waals surface area contributed by atoms with Crippen LogP contribution in [-0.4, -0.2) is 14.1 Å². The summed E-state index contributed by atoms with van der Waals surface area (Å²) in [6.07, 6.45) is 3.60. The summed E-state index contributed by atoms with van der Waals surface area (Å²) < 4.78 is 42.6. The van der Waals surface area contributed by atoms with E-state index in [1.165, 1.54) is 12.1 Å². The fraction of sp³-hybridized carbons (Fsp3) is 0.0667. The van der Waals surface area contributed by atoms with Crippen LogP contribution in [0.1, 0.15) is 11.1 Å². The Morgan fingerprint density at radius 3 is 2.15 bits per heavy atom. The molecule has 0 N–H and O–H groups in total. The monoisotopic (exact) mass is 277 g/mol. The van der Waals surface area contributed by atoms with Crippen molar-refractivity contribution in [3.05, 3.63) is 59.7 Å². The van der Waals surface area contributed by atoms with Crippen LogP contribution in [0.5, 0.6) is 5.75 Å². The predicted molar refractivity (Wildman–Crippen MR) is 77.1 cm³/mol. The van der Waals surface area contributed by atoms with Crippen LogP contribution >= 0.6 is 0 Å². The molecule has 0 aliphatic carbocycles. The molecule has 2 rings (SSSR count). The summed E-state index contributed by atoms with van der Waals surface area (Å²) >= 11 is 0. The van der Waals surface area contributed by atoms with E-state index < -0.39 is 12.4 Å². The van der Waals surface area contributed by atoms with Gasteiger partial charge in [-0.05, 0) is 23.3 Å². The van der Waals surface area contributed by atoms with Gasteiger partial charge in [-0.2, -0.15) is 0 Å². The lowest BCUT2D eigenvalue weighted by Crippen LogP contribution is -2.33. The van der Waals surface area contributed by atoms with Crippen LogP contribution in [0.4, 0.5) is 12.9 Å². The Kier molecular flexibility index (Phi) is 4.18. The Balaban J connectivity index is 2.15. The van der Waals surface area contributed by atoms with Gasteiger partial charge in [-0.1, -0.05) is 48.6 Å². The van der Waals surface area contributed by atoms with Crippen molar-refractivity contribution in [2.45, 2.75) is 0 Å². The van der Waals surface area contributed by atoms with E-state index in [1.54, 1.807) is 13.2 Å². The van der Waals surface area contributed by atoms with Gasteiger partial charge in [-0.15, -0.1) is 5.46 Å². The minimum Gasteiger partial charge on any atom is -0.497 e. The zero-order valence-electron chi connectivity index (χ0n) is 10.9. The van der Waals surface area contributed by atoms with Crippen LogP contribution in [0.15, 0.2) is 48.5 Å². The van der Waals surface area contributed by atoms with E-state index in [0.29, 0.717) is 0 Å². The minimum atomic E-state index is -4.93. The number of hydrogen-bond acceptors (Lipinski definition) is 1. The first-order valence-corrected chi connectivity index (χ1v) is 6.11. The Morgan fingerprint density at radius 2 is 1.55 bits per heavy atom. The smallest absolute Gasteiger partial charge is 0.497 e. The van der Waals surface area contributed by atoms with Gasteiger partial charge in [0, 0.05) is 0 Å². The topological polar surface area (TPSA) is 9.23 Å². The third-order valence-corrected chi connectivity index (χ3v) is 2.88. The summed E-state index contributed by atoms with van der Waals surface area (Å²) in [5.41, 5.74) is 1.06. The SMILES string of the molecule is COc1cccc(/C=C/c2ccc([B-](F)(F)F)cc2)c1. The largest absolute Gasteiger partial charge is 0.509 e. The maximum atomic E-state index is 12.5. The summed E-state index contributed by atoms with van der Waals surface area (Å²) in [4.78, 5) is 0. The van der Waals surface area contributed by atoms with Gasteiger partial charge in [-0.25, -0.2) is 0 Å². The average Bonchev–Trinajstić information content (AvgIpc) is 2.45. The molecule has 0 aliphatic heterocycles. The molecule has 104 valence electrons. The van der Waals surface area contributed by atoms with E-state index in [1.807, 2.05) is 30.3 Å². The van der Waals surface area contributed by atoms with E-state index in [9.17, 15) is 12.9 Å². The summed E-state index contributed by atoms with van der Waals surface area (Å²) in [5, 5.41) is 0. The van der Waals surface area contributed by atoms with Gasteiger partial charge in [0.15, 0.2) is 0 Å². The highest BCUT2D eigenvalue weighted by Gasteiger charge is 2.24. The Hall–Kier alpha value is -2.17. The highest BCUT2D eigenvalue weighted by Crippen LogP contribution is 2.15. The summed E-state index contributed by atoms with van der Waals surface area (Å²) in [6.45, 7) is -4.93. The predicted octanol–water partition coefficient (Wildman–Crippen LogP) is 3.92. The van der Waals surface area contributed by atoms with Crippen LogP contribution in [0, 0.1) is 0 Å². The van der Waals surface area contributed by atoms with Crippen molar-refractivity contribution in [2.24, 2.45) is 0 Å². The van der Waals surface area contributed by atoms with Crippen molar-refractivity contribution in [3.63, 3.8) is 0 Å². The molecule has 0 fully saturated rings. The molecule has 0 aromatic heterocycles. The van der Waals surface area contributed by atoms with Crippen molar-refractivity contribution in [1.29, 1.82) is 0 Å². The lowest BCUT2D eigenvalue weighted by Gasteiger charge is -2.14. The molecule has 0 amide bonds. The summed E-state index contributed by atoms with van der Waals surface area (Å²) in [7, 11) is 1.58. The summed E-state index contributed by atoms with van der Waals surface area (Å²) in [6, 6.07) is 12.6. The van der Waals surface area contributed by atoms with Crippen LogP contribution < -0.4 is 10.2 Å². The second-order valence-electron chi connectivity index (χ2n) is 4.35. The van der Waals surface area contributed by atoms with Crippen molar-refractivity contribution in [3.8, 4) is 5.75 Å². The standard InChI is InChI=1S/C15H13BF3O/c1-20-15-4-2-3-13(11-15)6-5-12-7-9-14(10-8-12)16(17,18)19/h2-11H,1H3/q-1/b6-5+. The Labute approximate surface area is 115 Å². The third-order valence-electron chi connectivity index (χ3n) is 2.88. The first-order chi connectivity index (χ1) is 9.49. The van der Waals surface area contributed by atoms with E-state index in [2.05, 4.69) is 0 Å². The third kappa shape index (κ3) is 3.67. The lowest BCUT2D eigenvalue weighted by atomic mass is 9.80. The van der Waals surface area contributed by atoms with Crippen LogP contribution in [-0.2, 0) is 0 Å². The van der Waals surface area contributed by atoms with Gasteiger partial charge in [0.1, 0.15) is 5.75 Å². The van der Waals surface area contributed by atoms with Gasteiger partial charge in [0.25, 0.3) is 0 Å². The van der Waals surface area contributed by atoms with Gasteiger partial charge in [0.05, 0.1) is 7.11 Å². The van der Waals surface area contributed by atoms with Gasteiger partial charge in [-0.3, -0.25) is 0 Å². The zero-order valence-corrected chi connectivity index (χ0v) is 10.9. The molecule has 0 saturated carbocycles. The number of hydrogen-bond donors (Lipinski definition) is 0. The molecule has 0 radical (unpaired) electrons. The fourth-order valence-electron chi connectivity index (χ4n) is 1.76. The van der Waals surface area contributed by atoms with Crippen molar-refractivity contribution >= 4 is 24.6 Å². The van der Waals surface area contributed by atoms with E-state index in [-0.39, 0.29) is 0 Å². The molecule has 0 atom stereocenters. The molecule has 0 spiro atoms. The average molecular weight is 277 g/mol. The zero-order chi connectivity index (χ0) is 14.6. The van der Waals surface area contributed by atoms with Crippen molar-refractivity contribution in [1.82, 2.24) is 0 Å². The molecule has 2 aromatic rings. The molecule has 20 heavy (non-hydrogen) atoms. The minimum absolute atomic E-state index is 0.580. The molecule has 0 aliphatic rings. The van der Waals surface area contributed by atoms with Crippen LogP contribution in [0.25, 0.3) is 12.2 Å². The van der Waals surface area contributed by atoms with E-state index >= 15 is 0 Å². The number of benzene rings is 2. The first kappa shape index (κ1) is 14.2. The summed E-state index contributed by atoms with van der Waals surface area (Å²) in [5.74, 6) is 0.738. The van der Waals surface area contributed by atoms with Gasteiger partial charge >= 0.3 is 6.98 Å². The highest BCUT2D eigenvalue weighted by atomic mass is 19.4. The second-order valence-corrected chi connectivity index (χ2v) is 4.35. The van der Waals surface area contributed by atoms with Crippen molar-refractivity contribution in [2.75, 3.05) is 7.11 Å². The Morgan fingerprint density at radius 1 is 0.900 bits per heavy atom. The number of methoxy groups -OCH3 is 1.